The molecule has 0 amide bonds. The minimum absolute atomic E-state index is 0.0248. The number of fused-ring (bicyclic) bond motifs is 1. The molecule has 5 nitrogen and oxygen atoms in total. The van der Waals surface area contributed by atoms with Gasteiger partial charge in [-0.3, -0.25) is 4.98 Å². The maximum absolute atomic E-state index is 12.8. The van der Waals surface area contributed by atoms with Crippen LogP contribution in [0.2, 0.25) is 0 Å². The van der Waals surface area contributed by atoms with E-state index in [2.05, 4.69) is 30.9 Å². The fourth-order valence-electron chi connectivity index (χ4n) is 2.29. The lowest BCUT2D eigenvalue weighted by molar-refractivity contribution is -0.137. The molecule has 0 bridgehead atoms. The van der Waals surface area contributed by atoms with Crippen molar-refractivity contribution in [2.45, 2.75) is 18.0 Å². The van der Waals surface area contributed by atoms with Crippen molar-refractivity contribution in [3.05, 3.63) is 40.6 Å². The van der Waals surface area contributed by atoms with Crippen LogP contribution in [0.3, 0.4) is 0 Å². The first-order valence-electron chi connectivity index (χ1n) is 7.07. The number of halogens is 4. The van der Waals surface area contributed by atoms with Crippen LogP contribution in [0, 0.1) is 0 Å². The first-order chi connectivity index (χ1) is 11.6. The van der Waals surface area contributed by atoms with Crippen molar-refractivity contribution in [2.24, 2.45) is 0 Å². The van der Waals surface area contributed by atoms with Crippen LogP contribution in [0.25, 0.3) is 22.8 Å². The summed E-state index contributed by atoms with van der Waals surface area (Å²) in [6.07, 6.45) is -2.25. The first-order valence-corrected chi connectivity index (χ1v) is 9.51. The number of aromatic nitrogens is 3. The van der Waals surface area contributed by atoms with Gasteiger partial charge in [0.1, 0.15) is 5.69 Å². The van der Waals surface area contributed by atoms with E-state index in [1.807, 2.05) is 0 Å². The smallest absolute Gasteiger partial charge is 0.359 e. The fraction of sp³-hybridized carbons (Fsp3) is 0.200. The summed E-state index contributed by atoms with van der Waals surface area (Å²) in [6.45, 7) is 1.50. The predicted molar refractivity (Wildman–Crippen MR) is 88.9 cm³/mol. The van der Waals surface area contributed by atoms with Gasteiger partial charge in [0.15, 0.2) is 9.84 Å². The molecule has 0 atom stereocenters. The number of rotatable bonds is 3. The van der Waals surface area contributed by atoms with Gasteiger partial charge in [0, 0.05) is 16.9 Å². The van der Waals surface area contributed by atoms with Crippen molar-refractivity contribution in [3.63, 3.8) is 0 Å². The minimum Gasteiger partial charge on any atom is -0.359 e. The van der Waals surface area contributed by atoms with Gasteiger partial charge in [-0.2, -0.15) is 13.2 Å². The summed E-state index contributed by atoms with van der Waals surface area (Å²) in [4.78, 5) is 10.7. The lowest BCUT2D eigenvalue weighted by Gasteiger charge is -2.07. The molecule has 0 radical (unpaired) electrons. The zero-order chi connectivity index (χ0) is 18.4. The Hall–Kier alpha value is -1.94. The van der Waals surface area contributed by atoms with Crippen LogP contribution in [0.5, 0.6) is 0 Å². The second kappa shape index (κ2) is 6.10. The second-order valence-corrected chi connectivity index (χ2v) is 8.39. The zero-order valence-electron chi connectivity index (χ0n) is 12.7. The molecule has 3 rings (SSSR count). The Balaban J connectivity index is 2.20. The van der Waals surface area contributed by atoms with E-state index in [4.69, 9.17) is 0 Å². The van der Waals surface area contributed by atoms with Gasteiger partial charge in [0.05, 0.1) is 33.3 Å². The molecular formula is C15H11BrF3N3O2S. The number of nitrogens with zero attached hydrogens (tertiary/aromatic N) is 2. The van der Waals surface area contributed by atoms with Gasteiger partial charge < -0.3 is 4.98 Å². The third-order valence-electron chi connectivity index (χ3n) is 3.58. The lowest BCUT2D eigenvalue weighted by atomic mass is 10.2. The Morgan fingerprint density at radius 1 is 1.20 bits per heavy atom. The molecule has 10 heteroatoms. The number of hydrogen-bond donors (Lipinski definition) is 1. The number of nitrogens with one attached hydrogen (secondary N) is 1. The van der Waals surface area contributed by atoms with Gasteiger partial charge >= 0.3 is 6.18 Å². The maximum atomic E-state index is 12.8. The molecule has 0 spiro atoms. The Kier molecular flexibility index (Phi) is 4.36. The van der Waals surface area contributed by atoms with Gasteiger partial charge in [-0.25, -0.2) is 13.4 Å². The summed E-state index contributed by atoms with van der Waals surface area (Å²) in [5.74, 6) is -0.136. The largest absolute Gasteiger partial charge is 0.417 e. The summed E-state index contributed by atoms with van der Waals surface area (Å²) >= 11 is 3.18. The highest BCUT2D eigenvalue weighted by Gasteiger charge is 2.32. The van der Waals surface area contributed by atoms with Crippen LogP contribution in [-0.2, 0) is 16.0 Å². The average Bonchev–Trinajstić information content (AvgIpc) is 2.96. The van der Waals surface area contributed by atoms with Crippen molar-refractivity contribution >= 4 is 25.8 Å². The van der Waals surface area contributed by atoms with Crippen molar-refractivity contribution in [2.75, 3.05) is 5.75 Å². The normalized spacial score (nSPS) is 12.7. The van der Waals surface area contributed by atoms with Crippen LogP contribution >= 0.6 is 15.9 Å². The molecule has 1 aromatic heterocycles. The van der Waals surface area contributed by atoms with Gasteiger partial charge in [-0.1, -0.05) is 6.92 Å². The lowest BCUT2D eigenvalue weighted by Crippen LogP contribution is -2.07. The molecule has 0 aromatic carbocycles. The fourth-order valence-corrected chi connectivity index (χ4v) is 3.85. The molecule has 1 aromatic rings. The van der Waals surface area contributed by atoms with Crippen LogP contribution in [0.4, 0.5) is 13.2 Å². The number of aromatic amines is 1. The molecule has 0 saturated heterocycles. The van der Waals surface area contributed by atoms with Crippen LogP contribution in [-0.4, -0.2) is 29.1 Å². The number of H-pyrrole nitrogens is 1. The highest BCUT2D eigenvalue weighted by molar-refractivity contribution is 9.10. The maximum Gasteiger partial charge on any atom is 0.417 e. The Morgan fingerprint density at radius 3 is 2.56 bits per heavy atom. The summed E-state index contributed by atoms with van der Waals surface area (Å²) in [6, 6.07) is 3.79. The monoisotopic (exact) mass is 433 g/mol. The Bertz CT molecular complexity index is 1020. The molecule has 0 saturated carbocycles. The van der Waals surface area contributed by atoms with Crippen molar-refractivity contribution < 1.29 is 21.6 Å². The zero-order valence-corrected chi connectivity index (χ0v) is 15.1. The summed E-state index contributed by atoms with van der Waals surface area (Å²) in [5, 5.41) is 0. The summed E-state index contributed by atoms with van der Waals surface area (Å²) < 4.78 is 63.5. The quantitative estimate of drug-likeness (QED) is 0.672. The highest BCUT2D eigenvalue weighted by Crippen LogP contribution is 2.35. The van der Waals surface area contributed by atoms with Crippen molar-refractivity contribution in [3.8, 4) is 22.8 Å². The van der Waals surface area contributed by atoms with Gasteiger partial charge in [0.2, 0.25) is 0 Å². The van der Waals surface area contributed by atoms with E-state index >= 15 is 0 Å². The third kappa shape index (κ3) is 3.40. The average molecular weight is 434 g/mol. The Morgan fingerprint density at radius 2 is 1.92 bits per heavy atom. The molecule has 1 N–H and O–H groups in total. The van der Waals surface area contributed by atoms with Gasteiger partial charge in [-0.05, 0) is 34.1 Å². The van der Waals surface area contributed by atoms with Crippen LogP contribution in [0.15, 0.2) is 40.0 Å². The second-order valence-electron chi connectivity index (χ2n) is 5.23. The molecule has 2 aliphatic heterocycles. The van der Waals surface area contributed by atoms with E-state index in [9.17, 15) is 21.6 Å². The number of hydrogen-bond acceptors (Lipinski definition) is 4. The third-order valence-corrected chi connectivity index (χ3v) is 5.75. The Labute approximate surface area is 149 Å². The molecule has 0 aliphatic carbocycles. The standard InChI is InChI=1S/C15H11BrF3N3O2S/c1-2-25(23,24)13-4-9(16)7-21-14(13)12-5-10-11(22-12)3-8(6-20-10)15(17,18)19/h3-7,20H,2H2,1H3. The predicted octanol–water partition coefficient (Wildman–Crippen LogP) is 4.15. The molecule has 0 fully saturated rings. The number of pyridine rings is 2. The van der Waals surface area contributed by atoms with Crippen LogP contribution in [0.1, 0.15) is 12.5 Å². The molecule has 3 heterocycles. The van der Waals surface area contributed by atoms with Crippen LogP contribution < -0.4 is 0 Å². The molecular weight excluding hydrogens is 423 g/mol. The molecule has 2 aliphatic rings. The first kappa shape index (κ1) is 17.9. The summed E-state index contributed by atoms with van der Waals surface area (Å²) in [5.41, 5.74) is -0.148. The topological polar surface area (TPSA) is 75.7 Å². The SMILES string of the molecule is CCS(=O)(=O)c1cc(Br)cnc1-c1cc2[nH]cc(C(F)(F)F)cc-2n1. The van der Waals surface area contributed by atoms with Crippen molar-refractivity contribution in [1.82, 2.24) is 15.0 Å². The molecule has 0 unspecified atom stereocenters. The minimum atomic E-state index is -4.50. The number of alkyl halides is 3. The van der Waals surface area contributed by atoms with E-state index in [0.29, 0.717) is 10.2 Å². The van der Waals surface area contributed by atoms with E-state index in [1.165, 1.54) is 25.3 Å². The van der Waals surface area contributed by atoms with E-state index in [-0.39, 0.29) is 27.7 Å². The number of sulfone groups is 1. The van der Waals surface area contributed by atoms with Crippen molar-refractivity contribution in [1.29, 1.82) is 0 Å². The van der Waals surface area contributed by atoms with Gasteiger partial charge in [-0.15, -0.1) is 0 Å². The molecule has 132 valence electrons. The van der Waals surface area contributed by atoms with E-state index in [0.717, 1.165) is 12.3 Å². The van der Waals surface area contributed by atoms with E-state index < -0.39 is 21.6 Å². The highest BCUT2D eigenvalue weighted by atomic mass is 79.9. The summed E-state index contributed by atoms with van der Waals surface area (Å²) in [7, 11) is -3.59. The van der Waals surface area contributed by atoms with E-state index in [1.54, 1.807) is 0 Å². The molecule has 25 heavy (non-hydrogen) atoms. The van der Waals surface area contributed by atoms with Gasteiger partial charge in [0.25, 0.3) is 0 Å².